The Hall–Kier alpha value is -1.43. The summed E-state index contributed by atoms with van der Waals surface area (Å²) in [6.07, 6.45) is -1.16. The van der Waals surface area contributed by atoms with Gasteiger partial charge in [0.15, 0.2) is 0 Å². The maximum atomic E-state index is 10.9. The predicted molar refractivity (Wildman–Crippen MR) is 71.7 cm³/mol. The number of carbonyl (C=O) groups is 1. The Morgan fingerprint density at radius 1 is 1.32 bits per heavy atom. The van der Waals surface area contributed by atoms with Gasteiger partial charge in [-0.3, -0.25) is 4.79 Å². The van der Waals surface area contributed by atoms with Crippen LogP contribution in [0, 0.1) is 0 Å². The molecule has 0 heterocycles. The SMILES string of the molecule is CC(C)(CO)NC(CC(=O)O)C(O)c1ccccc1. The van der Waals surface area contributed by atoms with E-state index >= 15 is 0 Å². The van der Waals surface area contributed by atoms with Crippen molar-refractivity contribution in [1.29, 1.82) is 0 Å². The molecule has 5 heteroatoms. The zero-order valence-electron chi connectivity index (χ0n) is 11.2. The molecule has 4 N–H and O–H groups in total. The molecule has 1 rings (SSSR count). The smallest absolute Gasteiger partial charge is 0.305 e. The lowest BCUT2D eigenvalue weighted by atomic mass is 9.96. The second-order valence-corrected chi connectivity index (χ2v) is 5.25. The van der Waals surface area contributed by atoms with Crippen molar-refractivity contribution in [2.45, 2.75) is 38.0 Å². The highest BCUT2D eigenvalue weighted by molar-refractivity contribution is 5.67. The second-order valence-electron chi connectivity index (χ2n) is 5.25. The Morgan fingerprint density at radius 3 is 2.37 bits per heavy atom. The molecule has 19 heavy (non-hydrogen) atoms. The molecular formula is C14H21NO4. The molecule has 2 atom stereocenters. The lowest BCUT2D eigenvalue weighted by Gasteiger charge is -2.32. The molecule has 0 aromatic heterocycles. The van der Waals surface area contributed by atoms with Gasteiger partial charge in [-0.2, -0.15) is 0 Å². The van der Waals surface area contributed by atoms with Gasteiger partial charge in [0.05, 0.1) is 19.1 Å². The lowest BCUT2D eigenvalue weighted by Crippen LogP contribution is -2.51. The summed E-state index contributed by atoms with van der Waals surface area (Å²) in [5, 5.41) is 31.4. The first kappa shape index (κ1) is 15.6. The largest absolute Gasteiger partial charge is 0.481 e. The third-order valence-corrected chi connectivity index (χ3v) is 2.89. The second kappa shape index (κ2) is 6.65. The number of carboxylic acids is 1. The predicted octanol–water partition coefficient (Wildman–Crippen LogP) is 0.924. The summed E-state index contributed by atoms with van der Waals surface area (Å²) >= 11 is 0. The maximum Gasteiger partial charge on any atom is 0.305 e. The van der Waals surface area contributed by atoms with Crippen LogP contribution in [0.1, 0.15) is 31.9 Å². The standard InChI is InChI=1S/C14H21NO4/c1-14(2,9-16)15-11(8-12(17)18)13(19)10-6-4-3-5-7-10/h3-7,11,13,15-16,19H,8-9H2,1-2H3,(H,17,18). The Balaban J connectivity index is 2.87. The van der Waals surface area contributed by atoms with E-state index in [1.165, 1.54) is 0 Å². The first-order valence-electron chi connectivity index (χ1n) is 6.19. The number of aliphatic hydroxyl groups is 2. The van der Waals surface area contributed by atoms with E-state index < -0.39 is 23.7 Å². The van der Waals surface area contributed by atoms with E-state index in [1.54, 1.807) is 38.1 Å². The minimum atomic E-state index is -0.999. The van der Waals surface area contributed by atoms with Gasteiger partial charge in [-0.05, 0) is 19.4 Å². The Labute approximate surface area is 112 Å². The van der Waals surface area contributed by atoms with Crippen LogP contribution >= 0.6 is 0 Å². The zero-order chi connectivity index (χ0) is 14.5. The minimum Gasteiger partial charge on any atom is -0.481 e. The van der Waals surface area contributed by atoms with Gasteiger partial charge < -0.3 is 20.6 Å². The van der Waals surface area contributed by atoms with Crippen molar-refractivity contribution in [3.8, 4) is 0 Å². The Bertz CT molecular complexity index is 405. The van der Waals surface area contributed by atoms with Gasteiger partial charge in [0.2, 0.25) is 0 Å². The highest BCUT2D eigenvalue weighted by Crippen LogP contribution is 2.21. The first-order valence-corrected chi connectivity index (χ1v) is 6.19. The van der Waals surface area contributed by atoms with Crippen molar-refractivity contribution in [3.05, 3.63) is 35.9 Å². The molecule has 0 saturated carbocycles. The highest BCUT2D eigenvalue weighted by Gasteiger charge is 2.29. The van der Waals surface area contributed by atoms with Gasteiger partial charge >= 0.3 is 5.97 Å². The molecule has 0 fully saturated rings. The normalized spacial score (nSPS) is 14.9. The van der Waals surface area contributed by atoms with Crippen molar-refractivity contribution in [1.82, 2.24) is 5.32 Å². The summed E-state index contributed by atoms with van der Waals surface area (Å²) in [7, 11) is 0. The molecule has 0 spiro atoms. The Morgan fingerprint density at radius 2 is 1.89 bits per heavy atom. The molecule has 1 aromatic rings. The summed E-state index contributed by atoms with van der Waals surface area (Å²) in [4.78, 5) is 10.9. The van der Waals surface area contributed by atoms with Crippen LogP contribution in [-0.2, 0) is 4.79 Å². The molecule has 0 aliphatic rings. The first-order chi connectivity index (χ1) is 8.85. The maximum absolute atomic E-state index is 10.9. The van der Waals surface area contributed by atoms with Crippen LogP contribution in [0.2, 0.25) is 0 Å². The van der Waals surface area contributed by atoms with Crippen molar-refractivity contribution in [3.63, 3.8) is 0 Å². The average Bonchev–Trinajstić information content (AvgIpc) is 2.37. The quantitative estimate of drug-likeness (QED) is 0.590. The molecule has 1 aromatic carbocycles. The van der Waals surface area contributed by atoms with Gasteiger partial charge in [-0.25, -0.2) is 0 Å². The van der Waals surface area contributed by atoms with E-state index in [4.69, 9.17) is 5.11 Å². The van der Waals surface area contributed by atoms with Crippen LogP contribution < -0.4 is 5.32 Å². The van der Waals surface area contributed by atoms with Crippen molar-refractivity contribution < 1.29 is 20.1 Å². The van der Waals surface area contributed by atoms with Gasteiger partial charge in [0, 0.05) is 11.6 Å². The van der Waals surface area contributed by atoms with E-state index in [0.29, 0.717) is 5.56 Å². The van der Waals surface area contributed by atoms with Crippen LogP contribution in [-0.4, -0.2) is 39.5 Å². The van der Waals surface area contributed by atoms with Crippen LogP contribution in [0.25, 0.3) is 0 Å². The number of benzene rings is 1. The van der Waals surface area contributed by atoms with E-state index in [-0.39, 0.29) is 13.0 Å². The van der Waals surface area contributed by atoms with Gasteiger partial charge in [-0.15, -0.1) is 0 Å². The van der Waals surface area contributed by atoms with Crippen LogP contribution in [0.4, 0.5) is 0 Å². The number of aliphatic hydroxyl groups excluding tert-OH is 2. The van der Waals surface area contributed by atoms with Crippen molar-refractivity contribution in [2.24, 2.45) is 0 Å². The summed E-state index contributed by atoms with van der Waals surface area (Å²) in [6.45, 7) is 3.35. The third kappa shape index (κ3) is 4.98. The Kier molecular flexibility index (Phi) is 5.47. The molecule has 5 nitrogen and oxygen atoms in total. The van der Waals surface area contributed by atoms with Gasteiger partial charge in [0.25, 0.3) is 0 Å². The van der Waals surface area contributed by atoms with Crippen LogP contribution in [0.15, 0.2) is 30.3 Å². The topological polar surface area (TPSA) is 89.8 Å². The van der Waals surface area contributed by atoms with Gasteiger partial charge in [0.1, 0.15) is 0 Å². The molecule has 0 bridgehead atoms. The lowest BCUT2D eigenvalue weighted by molar-refractivity contribution is -0.138. The third-order valence-electron chi connectivity index (χ3n) is 2.89. The van der Waals surface area contributed by atoms with Gasteiger partial charge in [-0.1, -0.05) is 30.3 Å². The highest BCUT2D eigenvalue weighted by atomic mass is 16.4. The number of hydrogen-bond donors (Lipinski definition) is 4. The average molecular weight is 267 g/mol. The molecule has 2 unspecified atom stereocenters. The van der Waals surface area contributed by atoms with Crippen LogP contribution in [0.3, 0.4) is 0 Å². The molecule has 0 aliphatic carbocycles. The van der Waals surface area contributed by atoms with E-state index in [2.05, 4.69) is 5.32 Å². The molecule has 106 valence electrons. The summed E-state index contributed by atoms with van der Waals surface area (Å²) < 4.78 is 0. The molecular weight excluding hydrogens is 246 g/mol. The van der Waals surface area contributed by atoms with Crippen molar-refractivity contribution >= 4 is 5.97 Å². The minimum absolute atomic E-state index is 0.148. The van der Waals surface area contributed by atoms with Crippen molar-refractivity contribution in [2.75, 3.05) is 6.61 Å². The fourth-order valence-corrected chi connectivity index (χ4v) is 1.86. The fourth-order valence-electron chi connectivity index (χ4n) is 1.86. The number of carboxylic acid groups (broad SMARTS) is 1. The summed E-state index contributed by atoms with van der Waals surface area (Å²) in [5.41, 5.74) is -0.00873. The van der Waals surface area contributed by atoms with E-state index in [1.807, 2.05) is 6.07 Å². The summed E-state index contributed by atoms with van der Waals surface area (Å²) in [6, 6.07) is 8.22. The number of hydrogen-bond acceptors (Lipinski definition) is 4. The van der Waals surface area contributed by atoms with E-state index in [0.717, 1.165) is 0 Å². The van der Waals surface area contributed by atoms with Crippen LogP contribution in [0.5, 0.6) is 0 Å². The number of nitrogens with one attached hydrogen (secondary N) is 1. The molecule has 0 amide bonds. The number of aliphatic carboxylic acids is 1. The fraction of sp³-hybridized carbons (Fsp3) is 0.500. The molecule has 0 radical (unpaired) electrons. The summed E-state index contributed by atoms with van der Waals surface area (Å²) in [5.74, 6) is -0.999. The molecule has 0 aliphatic heterocycles. The molecule has 0 saturated heterocycles. The zero-order valence-corrected chi connectivity index (χ0v) is 11.2. The number of rotatable bonds is 7. The van der Waals surface area contributed by atoms with E-state index in [9.17, 15) is 15.0 Å². The monoisotopic (exact) mass is 267 g/mol.